The van der Waals surface area contributed by atoms with E-state index in [4.69, 9.17) is 5.73 Å². The third-order valence-electron chi connectivity index (χ3n) is 5.54. The van der Waals surface area contributed by atoms with Crippen molar-refractivity contribution in [2.45, 2.75) is 40.2 Å². The summed E-state index contributed by atoms with van der Waals surface area (Å²) in [6.45, 7) is 8.57. The molecule has 0 spiro atoms. The topological polar surface area (TPSA) is 113 Å². The Morgan fingerprint density at radius 3 is 2.26 bits per heavy atom. The van der Waals surface area contributed by atoms with E-state index in [1.165, 1.54) is 15.0 Å². The normalized spacial score (nSPS) is 11.1. The number of benzene rings is 2. The summed E-state index contributed by atoms with van der Waals surface area (Å²) in [5, 5.41) is 3.13. The van der Waals surface area contributed by atoms with Gasteiger partial charge in [-0.25, -0.2) is 4.79 Å². The number of carbonyl (C=O) groups is 1. The Morgan fingerprint density at radius 2 is 1.68 bits per heavy atom. The van der Waals surface area contributed by atoms with Gasteiger partial charge in [0.1, 0.15) is 5.82 Å². The second-order valence-electron chi connectivity index (χ2n) is 9.09. The van der Waals surface area contributed by atoms with Crippen LogP contribution in [0.3, 0.4) is 0 Å². The number of anilines is 3. The van der Waals surface area contributed by atoms with Gasteiger partial charge in [0.05, 0.1) is 13.1 Å². The van der Waals surface area contributed by atoms with Crippen molar-refractivity contribution in [3.05, 3.63) is 86.6 Å². The number of H-pyrrole nitrogens is 1. The summed E-state index contributed by atoms with van der Waals surface area (Å²) in [5.41, 5.74) is 7.89. The molecule has 0 bridgehead atoms. The molecule has 0 aliphatic carbocycles. The number of nitrogens with two attached hydrogens (primary N) is 1. The van der Waals surface area contributed by atoms with Crippen molar-refractivity contribution in [3.8, 4) is 0 Å². The smallest absolute Gasteiger partial charge is 0.330 e. The molecule has 0 unspecified atom stereocenters. The number of nitrogen functional groups attached to an aromatic ring is 1. The SMILES string of the molecule is CC(C)CN(C(=O)CNc1ccc(C(C)C)cc1)c1c(N)n(Cc2ccccc2)c(=O)[nH]c1=O. The first-order valence-electron chi connectivity index (χ1n) is 11.5. The van der Waals surface area contributed by atoms with E-state index in [0.29, 0.717) is 5.92 Å². The number of carbonyl (C=O) groups excluding carboxylic acids is 1. The third-order valence-corrected chi connectivity index (χ3v) is 5.54. The summed E-state index contributed by atoms with van der Waals surface area (Å²) in [4.78, 5) is 42.3. The molecule has 0 aliphatic heterocycles. The summed E-state index contributed by atoms with van der Waals surface area (Å²) < 4.78 is 1.28. The van der Waals surface area contributed by atoms with Gasteiger partial charge in [0, 0.05) is 12.2 Å². The lowest BCUT2D eigenvalue weighted by molar-refractivity contribution is -0.117. The van der Waals surface area contributed by atoms with Crippen LogP contribution in [0.4, 0.5) is 17.2 Å². The zero-order valence-electron chi connectivity index (χ0n) is 20.2. The van der Waals surface area contributed by atoms with Crippen LogP contribution in [0.25, 0.3) is 0 Å². The van der Waals surface area contributed by atoms with Crippen LogP contribution < -0.4 is 27.2 Å². The van der Waals surface area contributed by atoms with Crippen molar-refractivity contribution in [1.82, 2.24) is 9.55 Å². The van der Waals surface area contributed by atoms with Crippen molar-refractivity contribution in [2.24, 2.45) is 5.92 Å². The van der Waals surface area contributed by atoms with E-state index in [1.807, 2.05) is 68.4 Å². The Labute approximate surface area is 199 Å². The fourth-order valence-corrected chi connectivity index (χ4v) is 3.70. The van der Waals surface area contributed by atoms with E-state index in [2.05, 4.69) is 24.1 Å². The maximum Gasteiger partial charge on any atom is 0.330 e. The minimum absolute atomic E-state index is 0.00816. The van der Waals surface area contributed by atoms with Crippen LogP contribution in [0, 0.1) is 5.92 Å². The molecule has 0 fully saturated rings. The lowest BCUT2D eigenvalue weighted by Gasteiger charge is -2.26. The van der Waals surface area contributed by atoms with Crippen molar-refractivity contribution in [3.63, 3.8) is 0 Å². The molecule has 0 aliphatic rings. The number of aromatic nitrogens is 2. The lowest BCUT2D eigenvalue weighted by Crippen LogP contribution is -2.44. The Balaban J connectivity index is 1.90. The van der Waals surface area contributed by atoms with Gasteiger partial charge in [-0.3, -0.25) is 19.1 Å². The molecule has 34 heavy (non-hydrogen) atoms. The molecule has 0 radical (unpaired) electrons. The fraction of sp³-hybridized carbons (Fsp3) is 0.346. The molecule has 0 saturated heterocycles. The van der Waals surface area contributed by atoms with Crippen LogP contribution in [0.5, 0.6) is 0 Å². The standard InChI is InChI=1S/C26H33N5O3/c1-17(2)15-30(22(32)14-28-21-12-10-20(11-13-21)18(3)4)23-24(27)31(26(34)29-25(23)33)16-19-8-6-5-7-9-19/h5-13,17-18,28H,14-16,27H2,1-4H3,(H,29,33,34). The highest BCUT2D eigenvalue weighted by molar-refractivity contribution is 5.98. The predicted molar refractivity (Wildman–Crippen MR) is 137 cm³/mol. The van der Waals surface area contributed by atoms with Gasteiger partial charge in [-0.05, 0) is 35.1 Å². The number of nitrogens with zero attached hydrogens (tertiary/aromatic N) is 2. The molecule has 180 valence electrons. The second-order valence-corrected chi connectivity index (χ2v) is 9.09. The molecular formula is C26H33N5O3. The van der Waals surface area contributed by atoms with Gasteiger partial charge in [0.2, 0.25) is 5.91 Å². The number of hydrogen-bond donors (Lipinski definition) is 3. The van der Waals surface area contributed by atoms with Crippen LogP contribution in [0.1, 0.15) is 44.7 Å². The molecule has 4 N–H and O–H groups in total. The van der Waals surface area contributed by atoms with Crippen molar-refractivity contribution in [1.29, 1.82) is 0 Å². The zero-order valence-corrected chi connectivity index (χ0v) is 20.2. The first-order chi connectivity index (χ1) is 16.2. The maximum absolute atomic E-state index is 13.3. The predicted octanol–water partition coefficient (Wildman–Crippen LogP) is 3.39. The zero-order chi connectivity index (χ0) is 24.8. The molecule has 8 nitrogen and oxygen atoms in total. The van der Waals surface area contributed by atoms with Crippen molar-refractivity contribution >= 4 is 23.1 Å². The molecular weight excluding hydrogens is 430 g/mol. The highest BCUT2D eigenvalue weighted by Gasteiger charge is 2.25. The van der Waals surface area contributed by atoms with Gasteiger partial charge in [-0.2, -0.15) is 0 Å². The summed E-state index contributed by atoms with van der Waals surface area (Å²) >= 11 is 0. The van der Waals surface area contributed by atoms with Crippen LogP contribution >= 0.6 is 0 Å². The largest absolute Gasteiger partial charge is 0.383 e. The van der Waals surface area contributed by atoms with Crippen molar-refractivity contribution in [2.75, 3.05) is 29.0 Å². The number of amides is 1. The van der Waals surface area contributed by atoms with Crippen LogP contribution in [-0.2, 0) is 11.3 Å². The highest BCUT2D eigenvalue weighted by Crippen LogP contribution is 2.20. The van der Waals surface area contributed by atoms with Gasteiger partial charge in [-0.15, -0.1) is 0 Å². The van der Waals surface area contributed by atoms with Crippen LogP contribution in [0.15, 0.2) is 64.2 Å². The second kappa shape index (κ2) is 10.9. The molecule has 3 aromatic rings. The fourth-order valence-electron chi connectivity index (χ4n) is 3.70. The lowest BCUT2D eigenvalue weighted by atomic mass is 10.0. The summed E-state index contributed by atoms with van der Waals surface area (Å²) in [6.07, 6.45) is 0. The molecule has 0 atom stereocenters. The van der Waals surface area contributed by atoms with E-state index in [-0.39, 0.29) is 43.0 Å². The summed E-state index contributed by atoms with van der Waals surface area (Å²) in [7, 11) is 0. The highest BCUT2D eigenvalue weighted by atomic mass is 16.2. The Bertz CT molecular complexity index is 1230. The molecule has 0 saturated carbocycles. The van der Waals surface area contributed by atoms with Crippen molar-refractivity contribution < 1.29 is 4.79 Å². The van der Waals surface area contributed by atoms with E-state index >= 15 is 0 Å². The number of nitrogens with one attached hydrogen (secondary N) is 2. The first kappa shape index (κ1) is 24.8. The average molecular weight is 464 g/mol. The minimum Gasteiger partial charge on any atom is -0.383 e. The van der Waals surface area contributed by atoms with Crippen LogP contribution in [0.2, 0.25) is 0 Å². The number of rotatable bonds is 9. The van der Waals surface area contributed by atoms with E-state index < -0.39 is 11.2 Å². The van der Waals surface area contributed by atoms with E-state index in [1.54, 1.807) is 0 Å². The molecule has 8 heteroatoms. The third kappa shape index (κ3) is 5.95. The molecule has 2 aromatic carbocycles. The van der Waals surface area contributed by atoms with Gasteiger partial charge >= 0.3 is 5.69 Å². The monoisotopic (exact) mass is 463 g/mol. The molecule has 1 amide bonds. The van der Waals surface area contributed by atoms with E-state index in [0.717, 1.165) is 11.3 Å². The first-order valence-corrected chi connectivity index (χ1v) is 11.5. The Kier molecular flexibility index (Phi) is 7.94. The summed E-state index contributed by atoms with van der Waals surface area (Å²) in [6, 6.07) is 17.2. The van der Waals surface area contributed by atoms with E-state index in [9.17, 15) is 14.4 Å². The Hall–Kier alpha value is -3.81. The average Bonchev–Trinajstić information content (AvgIpc) is 2.80. The number of hydrogen-bond acceptors (Lipinski definition) is 5. The maximum atomic E-state index is 13.3. The molecule has 1 heterocycles. The van der Waals surface area contributed by atoms with Gasteiger partial charge < -0.3 is 16.0 Å². The quantitative estimate of drug-likeness (QED) is 0.450. The minimum atomic E-state index is -0.679. The summed E-state index contributed by atoms with van der Waals surface area (Å²) in [5.74, 6) is 0.137. The van der Waals surface area contributed by atoms with Gasteiger partial charge in [-0.1, -0.05) is 70.2 Å². The molecule has 3 rings (SSSR count). The Morgan fingerprint density at radius 1 is 1.03 bits per heavy atom. The molecule has 1 aromatic heterocycles. The van der Waals surface area contributed by atoms with Crippen LogP contribution in [-0.4, -0.2) is 28.5 Å². The van der Waals surface area contributed by atoms with Gasteiger partial charge in [0.15, 0.2) is 5.69 Å². The van der Waals surface area contributed by atoms with Gasteiger partial charge in [0.25, 0.3) is 5.56 Å². The number of aromatic amines is 1.